The molecule has 5 nitrogen and oxygen atoms in total. The van der Waals surface area contributed by atoms with Crippen LogP contribution < -0.4 is 0 Å². The van der Waals surface area contributed by atoms with Crippen molar-refractivity contribution in [1.82, 2.24) is 14.4 Å². The molecule has 2 aromatic rings. The first-order valence-electron chi connectivity index (χ1n) is 9.03. The van der Waals surface area contributed by atoms with Gasteiger partial charge in [0.15, 0.2) is 0 Å². The van der Waals surface area contributed by atoms with Crippen LogP contribution in [0.1, 0.15) is 37.6 Å². The van der Waals surface area contributed by atoms with Crippen LogP contribution in [0.5, 0.6) is 0 Å². The fourth-order valence-electron chi connectivity index (χ4n) is 3.53. The molecule has 0 fully saturated rings. The van der Waals surface area contributed by atoms with E-state index in [1.165, 1.54) is 6.07 Å². The average molecular weight is 357 g/mol. The smallest absolute Gasteiger partial charge is 0.243 e. The lowest BCUT2D eigenvalue weighted by atomic mass is 9.99. The van der Waals surface area contributed by atoms with Crippen molar-refractivity contribution in [1.29, 1.82) is 0 Å². The molecule has 3 rings (SSSR count). The Kier molecular flexibility index (Phi) is 5.40. The van der Waals surface area contributed by atoms with Gasteiger partial charge in [-0.05, 0) is 25.1 Å². The first kappa shape index (κ1) is 18.2. The molecule has 1 aliphatic heterocycles. The SMILES string of the molecule is CCC(=O)N(CC)CC(=O)N1CCn2cccc2[C@@H]1c1ccccc1F. The number of fused-ring (bicyclic) bond motifs is 1. The van der Waals surface area contributed by atoms with Gasteiger partial charge in [-0.3, -0.25) is 9.59 Å². The molecule has 0 radical (unpaired) electrons. The highest BCUT2D eigenvalue weighted by molar-refractivity contribution is 5.85. The summed E-state index contributed by atoms with van der Waals surface area (Å²) in [5.74, 6) is -0.542. The van der Waals surface area contributed by atoms with Gasteiger partial charge in [0.2, 0.25) is 11.8 Å². The number of hydrogen-bond acceptors (Lipinski definition) is 2. The van der Waals surface area contributed by atoms with E-state index in [1.54, 1.807) is 34.9 Å². The molecule has 0 bridgehead atoms. The van der Waals surface area contributed by atoms with Gasteiger partial charge in [0.25, 0.3) is 0 Å². The minimum atomic E-state index is -0.483. The lowest BCUT2D eigenvalue weighted by molar-refractivity contribution is -0.141. The molecule has 2 amide bonds. The van der Waals surface area contributed by atoms with Crippen LogP contribution in [0.3, 0.4) is 0 Å². The second-order valence-corrected chi connectivity index (χ2v) is 6.40. The van der Waals surface area contributed by atoms with Gasteiger partial charge in [0, 0.05) is 43.5 Å². The maximum absolute atomic E-state index is 14.5. The summed E-state index contributed by atoms with van der Waals surface area (Å²) in [4.78, 5) is 28.3. The molecule has 2 heterocycles. The molecule has 1 aliphatic rings. The number of carbonyl (C=O) groups excluding carboxylic acids is 2. The number of halogens is 1. The van der Waals surface area contributed by atoms with E-state index in [2.05, 4.69) is 4.57 Å². The first-order chi connectivity index (χ1) is 12.6. The molecule has 0 unspecified atom stereocenters. The summed E-state index contributed by atoms with van der Waals surface area (Å²) in [6.07, 6.45) is 2.31. The zero-order valence-electron chi connectivity index (χ0n) is 15.2. The number of rotatable bonds is 5. The molecule has 1 aromatic heterocycles. The van der Waals surface area contributed by atoms with Crippen molar-refractivity contribution in [3.05, 3.63) is 59.7 Å². The Balaban J connectivity index is 1.94. The molecule has 6 heteroatoms. The van der Waals surface area contributed by atoms with Gasteiger partial charge in [-0.25, -0.2) is 4.39 Å². The second-order valence-electron chi connectivity index (χ2n) is 6.40. The van der Waals surface area contributed by atoms with Crippen molar-refractivity contribution >= 4 is 11.8 Å². The van der Waals surface area contributed by atoms with Crippen molar-refractivity contribution in [2.45, 2.75) is 32.9 Å². The fourth-order valence-corrected chi connectivity index (χ4v) is 3.53. The topological polar surface area (TPSA) is 45.6 Å². The highest BCUT2D eigenvalue weighted by Gasteiger charge is 2.34. The molecule has 0 saturated carbocycles. The summed E-state index contributed by atoms with van der Waals surface area (Å²) < 4.78 is 16.6. The monoisotopic (exact) mass is 357 g/mol. The molecule has 1 atom stereocenters. The zero-order chi connectivity index (χ0) is 18.7. The second kappa shape index (κ2) is 7.72. The van der Waals surface area contributed by atoms with Crippen LogP contribution in [0, 0.1) is 5.82 Å². The van der Waals surface area contributed by atoms with Crippen LogP contribution in [0.25, 0.3) is 0 Å². The predicted octanol–water partition coefficient (Wildman–Crippen LogP) is 2.82. The molecule has 0 N–H and O–H groups in total. The van der Waals surface area contributed by atoms with E-state index >= 15 is 0 Å². The van der Waals surface area contributed by atoms with Crippen molar-refractivity contribution in [2.24, 2.45) is 0 Å². The lowest BCUT2D eigenvalue weighted by Gasteiger charge is -2.38. The number of hydrogen-bond donors (Lipinski definition) is 0. The largest absolute Gasteiger partial charge is 0.348 e. The standard InChI is InChI=1S/C20H24FN3O2/c1-3-18(25)22(4-2)14-19(26)24-13-12-23-11-7-10-17(23)20(24)15-8-5-6-9-16(15)21/h5-11,20H,3-4,12-14H2,1-2H3/t20-/m0/s1. The van der Waals surface area contributed by atoms with Crippen LogP contribution >= 0.6 is 0 Å². The predicted molar refractivity (Wildman–Crippen MR) is 96.9 cm³/mol. The highest BCUT2D eigenvalue weighted by atomic mass is 19.1. The summed E-state index contributed by atoms with van der Waals surface area (Å²) in [6.45, 7) is 5.29. The van der Waals surface area contributed by atoms with Gasteiger partial charge in [0.05, 0.1) is 6.54 Å². The number of carbonyl (C=O) groups is 2. The maximum atomic E-state index is 14.5. The number of nitrogens with zero attached hydrogens (tertiary/aromatic N) is 3. The Hall–Kier alpha value is -2.63. The van der Waals surface area contributed by atoms with Gasteiger partial charge in [-0.2, -0.15) is 0 Å². The number of amides is 2. The van der Waals surface area contributed by atoms with Crippen molar-refractivity contribution in [3.63, 3.8) is 0 Å². The first-order valence-corrected chi connectivity index (χ1v) is 9.03. The molecule has 138 valence electrons. The number of benzene rings is 1. The number of aromatic nitrogens is 1. The van der Waals surface area contributed by atoms with Crippen LogP contribution in [0.15, 0.2) is 42.6 Å². The highest BCUT2D eigenvalue weighted by Crippen LogP contribution is 2.33. The Bertz CT molecular complexity index is 802. The van der Waals surface area contributed by atoms with Crippen LogP contribution in [-0.2, 0) is 16.1 Å². The fraction of sp³-hybridized carbons (Fsp3) is 0.400. The Morgan fingerprint density at radius 1 is 1.15 bits per heavy atom. The average Bonchev–Trinajstić information content (AvgIpc) is 3.14. The quantitative estimate of drug-likeness (QED) is 0.826. The molecule has 0 aliphatic carbocycles. The van der Waals surface area contributed by atoms with E-state index in [1.807, 2.05) is 25.3 Å². The van der Waals surface area contributed by atoms with E-state index < -0.39 is 6.04 Å². The van der Waals surface area contributed by atoms with Crippen molar-refractivity contribution < 1.29 is 14.0 Å². The van der Waals surface area contributed by atoms with Gasteiger partial charge >= 0.3 is 0 Å². The minimum absolute atomic E-state index is 0.0227. The van der Waals surface area contributed by atoms with E-state index in [0.717, 1.165) is 5.69 Å². The van der Waals surface area contributed by atoms with Crippen molar-refractivity contribution in [2.75, 3.05) is 19.6 Å². The summed E-state index contributed by atoms with van der Waals surface area (Å²) in [5.41, 5.74) is 1.37. The third kappa shape index (κ3) is 3.36. The molecule has 1 aromatic carbocycles. The van der Waals surface area contributed by atoms with E-state index in [-0.39, 0.29) is 24.2 Å². The normalized spacial score (nSPS) is 16.3. The van der Waals surface area contributed by atoms with Crippen molar-refractivity contribution in [3.8, 4) is 0 Å². The Labute approximate surface area is 153 Å². The summed E-state index contributed by atoms with van der Waals surface area (Å²) in [5, 5.41) is 0. The Morgan fingerprint density at radius 2 is 1.92 bits per heavy atom. The summed E-state index contributed by atoms with van der Waals surface area (Å²) in [6, 6.07) is 9.91. The third-order valence-corrected chi connectivity index (χ3v) is 4.92. The molecule has 0 spiro atoms. The van der Waals surface area contributed by atoms with Gasteiger partial charge in [-0.15, -0.1) is 0 Å². The van der Waals surface area contributed by atoms with E-state index in [9.17, 15) is 14.0 Å². The third-order valence-electron chi connectivity index (χ3n) is 4.92. The van der Waals surface area contributed by atoms with E-state index in [4.69, 9.17) is 0 Å². The molecule has 26 heavy (non-hydrogen) atoms. The van der Waals surface area contributed by atoms with Crippen LogP contribution in [-0.4, -0.2) is 45.8 Å². The van der Waals surface area contributed by atoms with E-state index in [0.29, 0.717) is 31.6 Å². The molecule has 0 saturated heterocycles. The zero-order valence-corrected chi connectivity index (χ0v) is 15.2. The van der Waals surface area contributed by atoms with Crippen LogP contribution in [0.2, 0.25) is 0 Å². The minimum Gasteiger partial charge on any atom is -0.348 e. The number of likely N-dealkylation sites (N-methyl/N-ethyl adjacent to an activating group) is 1. The molecular formula is C20H24FN3O2. The maximum Gasteiger partial charge on any atom is 0.243 e. The summed E-state index contributed by atoms with van der Waals surface area (Å²) >= 11 is 0. The lowest BCUT2D eigenvalue weighted by Crippen LogP contribution is -2.48. The molecular weight excluding hydrogens is 333 g/mol. The van der Waals surface area contributed by atoms with Gasteiger partial charge in [0.1, 0.15) is 11.9 Å². The summed E-state index contributed by atoms with van der Waals surface area (Å²) in [7, 11) is 0. The Morgan fingerprint density at radius 3 is 2.62 bits per heavy atom. The van der Waals surface area contributed by atoms with Gasteiger partial charge in [-0.1, -0.05) is 25.1 Å². The van der Waals surface area contributed by atoms with Gasteiger partial charge < -0.3 is 14.4 Å². The van der Waals surface area contributed by atoms with Crippen LogP contribution in [0.4, 0.5) is 4.39 Å².